The van der Waals surface area contributed by atoms with Crippen molar-refractivity contribution in [1.82, 2.24) is 14.9 Å². The number of aromatic nitrogens is 2. The van der Waals surface area contributed by atoms with E-state index in [4.69, 9.17) is 9.47 Å². The average Bonchev–Trinajstić information content (AvgIpc) is 3.09. The van der Waals surface area contributed by atoms with E-state index in [1.165, 1.54) is 0 Å². The molecular weight excluding hydrogens is 619 g/mol. The third kappa shape index (κ3) is 8.20. The number of phosphoric ester groups is 2. The second-order valence-corrected chi connectivity index (χ2v) is 12.7. The van der Waals surface area contributed by atoms with Gasteiger partial charge in [-0.2, -0.15) is 8.62 Å². The number of carbonyl (C=O) groups excluding carboxylic acids is 1. The number of nitrogens with one attached hydrogen (secondary N) is 2. The van der Waals surface area contributed by atoms with E-state index in [2.05, 4.69) is 23.0 Å². The van der Waals surface area contributed by atoms with Crippen LogP contribution in [0.4, 0.5) is 0 Å². The maximum Gasteiger partial charge on any atom is 0.490 e. The van der Waals surface area contributed by atoms with Crippen molar-refractivity contribution in [3.05, 3.63) is 33.1 Å². The topological polar surface area (TPSA) is 332 Å². The molecule has 1 aromatic heterocycles. The molecule has 0 radical (unpaired) electrons. The summed E-state index contributed by atoms with van der Waals surface area (Å²) >= 11 is 0. The van der Waals surface area contributed by atoms with Crippen molar-refractivity contribution < 1.29 is 80.7 Å². The predicted octanol–water partition coefficient (Wildman–Crippen LogP) is -4.28. The molecule has 1 aromatic rings. The highest BCUT2D eigenvalue weighted by Crippen LogP contribution is 2.68. The number of hydrogen-bond acceptors (Lipinski definition) is 16. The summed E-state index contributed by atoms with van der Waals surface area (Å²) in [4.78, 5) is 64.6. The first-order valence-corrected chi connectivity index (χ1v) is 15.2. The summed E-state index contributed by atoms with van der Waals surface area (Å²) in [6.07, 6.45) is -11.8. The largest absolute Gasteiger partial charge is 0.490 e. The minimum atomic E-state index is -5.99. The van der Waals surface area contributed by atoms with Gasteiger partial charge >= 0.3 is 29.2 Å². The first-order valence-electron chi connectivity index (χ1n) is 10.7. The molecule has 1 amide bonds. The van der Waals surface area contributed by atoms with Gasteiger partial charge in [-0.05, 0) is 0 Å². The number of H-pyrrole nitrogens is 1. The van der Waals surface area contributed by atoms with Crippen LogP contribution in [0.5, 0.6) is 0 Å². The van der Waals surface area contributed by atoms with Gasteiger partial charge in [-0.15, -0.1) is 0 Å². The van der Waals surface area contributed by atoms with E-state index in [1.54, 1.807) is 0 Å². The van der Waals surface area contributed by atoms with Gasteiger partial charge in [0.25, 0.3) is 5.56 Å². The van der Waals surface area contributed by atoms with E-state index in [9.17, 15) is 63.2 Å². The number of rotatable bonds is 12. The van der Waals surface area contributed by atoms with Crippen LogP contribution in [-0.4, -0.2) is 107 Å². The molecule has 0 aromatic carbocycles. The Morgan fingerprint density at radius 1 is 1.00 bits per heavy atom. The number of aromatic amines is 1. The molecule has 0 bridgehead atoms. The minimum Gasteiger partial charge on any atom is -0.388 e. The Hall–Kier alpha value is -1.68. The lowest BCUT2D eigenvalue weighted by Gasteiger charge is -2.37. The van der Waals surface area contributed by atoms with Gasteiger partial charge in [0.1, 0.15) is 30.5 Å². The molecule has 9 N–H and O–H groups in total. The molecule has 0 saturated carbocycles. The SMILES string of the molecule is O=CN[C@H]1CO[C@H](OP(=O)(O)OP(=O)(O)OP(=O)(O)OC[C@H]2O[C@@H](n3ccc(=O)[nH]c3=O)[C@H](O)[C@@H]2O)[C@H](O)[C@H]1O. The molecule has 3 rings (SSSR count). The van der Waals surface area contributed by atoms with Crippen LogP contribution in [-0.2, 0) is 45.6 Å². The van der Waals surface area contributed by atoms with Crippen LogP contribution in [0.1, 0.15) is 6.23 Å². The number of amides is 1. The van der Waals surface area contributed by atoms with Crippen LogP contribution in [0.15, 0.2) is 21.9 Å². The Morgan fingerprint density at radius 2 is 1.65 bits per heavy atom. The molecular formula is C15H24N3O19P3. The molecule has 40 heavy (non-hydrogen) atoms. The van der Waals surface area contributed by atoms with E-state index >= 15 is 0 Å². The quantitative estimate of drug-likeness (QED) is 0.0768. The molecule has 2 aliphatic heterocycles. The lowest BCUT2D eigenvalue weighted by atomic mass is 10.0. The molecule has 2 saturated heterocycles. The van der Waals surface area contributed by atoms with Gasteiger partial charge in [0.05, 0.1) is 19.3 Å². The van der Waals surface area contributed by atoms with Crippen LogP contribution in [0, 0.1) is 0 Å². The lowest BCUT2D eigenvalue weighted by Crippen LogP contribution is -2.58. The molecule has 2 fully saturated rings. The normalized spacial score (nSPS) is 35.3. The summed E-state index contributed by atoms with van der Waals surface area (Å²) in [6.45, 7) is -1.67. The van der Waals surface area contributed by atoms with Crippen molar-refractivity contribution in [1.29, 1.82) is 0 Å². The fourth-order valence-electron chi connectivity index (χ4n) is 3.46. The number of phosphoric acid groups is 3. The highest BCUT2D eigenvalue weighted by Gasteiger charge is 2.49. The summed E-state index contributed by atoms with van der Waals surface area (Å²) in [5.41, 5.74) is -1.81. The number of hydrogen-bond donors (Lipinski definition) is 9. The molecule has 25 heteroatoms. The Labute approximate surface area is 221 Å². The molecule has 11 atom stereocenters. The molecule has 0 aliphatic carbocycles. The minimum absolute atomic E-state index is 0.174. The summed E-state index contributed by atoms with van der Waals surface area (Å²) in [7, 11) is -17.4. The van der Waals surface area contributed by atoms with Crippen molar-refractivity contribution in [3.63, 3.8) is 0 Å². The smallest absolute Gasteiger partial charge is 0.388 e. The van der Waals surface area contributed by atoms with Crippen molar-refractivity contribution in [3.8, 4) is 0 Å². The number of aliphatic hydroxyl groups is 4. The second kappa shape index (κ2) is 12.7. The first kappa shape index (κ1) is 32.8. The van der Waals surface area contributed by atoms with Gasteiger partial charge in [0.2, 0.25) is 6.41 Å². The second-order valence-electron chi connectivity index (χ2n) is 8.11. The zero-order valence-electron chi connectivity index (χ0n) is 19.6. The maximum atomic E-state index is 12.1. The number of aliphatic hydroxyl groups excluding tert-OH is 4. The molecule has 228 valence electrons. The van der Waals surface area contributed by atoms with Gasteiger partial charge in [0.15, 0.2) is 12.5 Å². The van der Waals surface area contributed by atoms with Crippen molar-refractivity contribution >= 4 is 29.9 Å². The fraction of sp³-hybridized carbons (Fsp3) is 0.667. The van der Waals surface area contributed by atoms with E-state index in [0.29, 0.717) is 4.57 Å². The zero-order valence-corrected chi connectivity index (χ0v) is 22.3. The standard InChI is InChI=1S/C15H24N3O19P3/c19-5-16-6-3-32-14(12(24)9(6)21)35-39(28,29)37-40(30,31)36-38(26,27)33-4-7-10(22)11(23)13(34-7)18-2-1-8(20)17-15(18)25/h1-2,5-7,9-14,21-24H,3-4H2,(H,16,19)(H,26,27)(H,28,29)(H,30,31)(H,17,20,25)/t6-,7+,9-,10+,11+,12+,13+,14+/m0/s1. The van der Waals surface area contributed by atoms with E-state index < -0.39 is 97.0 Å². The Bertz CT molecular complexity index is 1320. The highest BCUT2D eigenvalue weighted by molar-refractivity contribution is 7.66. The zero-order chi connectivity index (χ0) is 30.0. The Morgan fingerprint density at radius 3 is 2.27 bits per heavy atom. The summed E-state index contributed by atoms with van der Waals surface area (Å²) in [5.74, 6) is 0. The van der Waals surface area contributed by atoms with Gasteiger partial charge in [-0.1, -0.05) is 0 Å². The number of carbonyl (C=O) groups is 1. The third-order valence-electron chi connectivity index (χ3n) is 5.28. The summed E-state index contributed by atoms with van der Waals surface area (Å²) in [6, 6.07) is -0.246. The number of ether oxygens (including phenoxy) is 2. The van der Waals surface area contributed by atoms with Crippen molar-refractivity contribution in [2.75, 3.05) is 13.2 Å². The lowest BCUT2D eigenvalue weighted by molar-refractivity contribution is -0.221. The summed E-state index contributed by atoms with van der Waals surface area (Å²) < 4.78 is 63.6. The summed E-state index contributed by atoms with van der Waals surface area (Å²) in [5, 5.41) is 42.1. The third-order valence-corrected chi connectivity index (χ3v) is 9.53. The monoisotopic (exact) mass is 643 g/mol. The van der Waals surface area contributed by atoms with Crippen LogP contribution < -0.4 is 16.6 Å². The van der Waals surface area contributed by atoms with Crippen molar-refractivity contribution in [2.45, 2.75) is 49.1 Å². The van der Waals surface area contributed by atoms with Gasteiger partial charge in [-0.25, -0.2) is 18.5 Å². The first-order chi connectivity index (χ1) is 18.4. The Kier molecular flexibility index (Phi) is 10.4. The van der Waals surface area contributed by atoms with Crippen LogP contribution >= 0.6 is 23.5 Å². The van der Waals surface area contributed by atoms with Crippen molar-refractivity contribution in [2.24, 2.45) is 0 Å². The van der Waals surface area contributed by atoms with Gasteiger partial charge < -0.3 is 49.9 Å². The fourth-order valence-corrected chi connectivity index (χ4v) is 7.06. The maximum absolute atomic E-state index is 12.1. The molecule has 3 heterocycles. The molecule has 2 aliphatic rings. The van der Waals surface area contributed by atoms with Crippen LogP contribution in [0.25, 0.3) is 0 Å². The van der Waals surface area contributed by atoms with Gasteiger partial charge in [-0.3, -0.25) is 28.2 Å². The number of nitrogens with zero attached hydrogens (tertiary/aromatic N) is 1. The predicted molar refractivity (Wildman–Crippen MR) is 121 cm³/mol. The van der Waals surface area contributed by atoms with E-state index in [0.717, 1.165) is 12.3 Å². The van der Waals surface area contributed by atoms with Crippen LogP contribution in [0.2, 0.25) is 0 Å². The van der Waals surface area contributed by atoms with E-state index in [-0.39, 0.29) is 6.41 Å². The van der Waals surface area contributed by atoms with E-state index in [1.807, 2.05) is 4.98 Å². The highest BCUT2D eigenvalue weighted by atomic mass is 31.3. The Balaban J connectivity index is 1.57. The molecule has 0 spiro atoms. The van der Waals surface area contributed by atoms with Crippen LogP contribution in [0.3, 0.4) is 0 Å². The molecule has 22 nitrogen and oxygen atoms in total. The average molecular weight is 643 g/mol. The van der Waals surface area contributed by atoms with Gasteiger partial charge in [0, 0.05) is 12.3 Å². The molecule has 3 unspecified atom stereocenters.